The van der Waals surface area contributed by atoms with Crippen LogP contribution in [0, 0.1) is 0 Å². The van der Waals surface area contributed by atoms with Gasteiger partial charge in [0.15, 0.2) is 0 Å². The van der Waals surface area contributed by atoms with Gasteiger partial charge in [-0.25, -0.2) is 0 Å². The van der Waals surface area contributed by atoms with E-state index in [-0.39, 0.29) is 11.8 Å². The lowest BCUT2D eigenvalue weighted by molar-refractivity contribution is -0.117. The second-order valence-corrected chi connectivity index (χ2v) is 5.64. The predicted octanol–water partition coefficient (Wildman–Crippen LogP) is 4.94. The van der Waals surface area contributed by atoms with E-state index in [1.807, 2.05) is 49.4 Å². The smallest absolute Gasteiger partial charge is 0.231 e. The van der Waals surface area contributed by atoms with E-state index in [1.165, 1.54) is 5.56 Å². The van der Waals surface area contributed by atoms with Crippen LogP contribution in [0.25, 0.3) is 0 Å². The van der Waals surface area contributed by atoms with Crippen LogP contribution < -0.4 is 5.32 Å². The minimum Gasteiger partial charge on any atom is -0.326 e. The number of benzene rings is 2. The molecule has 2 nitrogen and oxygen atoms in total. The van der Waals surface area contributed by atoms with Gasteiger partial charge in [-0.05, 0) is 35.6 Å². The summed E-state index contributed by atoms with van der Waals surface area (Å²) in [4.78, 5) is 12.5. The van der Waals surface area contributed by atoms with E-state index in [2.05, 4.69) is 31.3 Å². The van der Waals surface area contributed by atoms with Crippen LogP contribution in [0.1, 0.15) is 50.2 Å². The van der Waals surface area contributed by atoms with Gasteiger partial charge in [-0.1, -0.05) is 63.2 Å². The Morgan fingerprint density at radius 1 is 1.00 bits per heavy atom. The van der Waals surface area contributed by atoms with E-state index in [1.54, 1.807) is 0 Å². The molecule has 110 valence electrons. The van der Waals surface area contributed by atoms with Crippen molar-refractivity contribution in [2.45, 2.75) is 39.0 Å². The molecule has 1 unspecified atom stereocenters. The molecule has 0 saturated heterocycles. The minimum absolute atomic E-state index is 0.0598. The number of amides is 1. The van der Waals surface area contributed by atoms with Crippen LogP contribution >= 0.6 is 0 Å². The molecule has 2 aromatic rings. The fourth-order valence-electron chi connectivity index (χ4n) is 2.46. The summed E-state index contributed by atoms with van der Waals surface area (Å²) in [7, 11) is 0. The number of carbonyl (C=O) groups is 1. The molecule has 0 aliphatic carbocycles. The van der Waals surface area contributed by atoms with Crippen molar-refractivity contribution in [2.24, 2.45) is 0 Å². The van der Waals surface area contributed by atoms with Gasteiger partial charge in [-0.15, -0.1) is 0 Å². The fourth-order valence-corrected chi connectivity index (χ4v) is 2.46. The third-order valence-corrected chi connectivity index (χ3v) is 3.75. The Hall–Kier alpha value is -2.09. The quantitative estimate of drug-likeness (QED) is 0.826. The van der Waals surface area contributed by atoms with Gasteiger partial charge in [0.25, 0.3) is 0 Å². The topological polar surface area (TPSA) is 29.1 Å². The molecule has 0 aliphatic rings. The summed E-state index contributed by atoms with van der Waals surface area (Å²) in [6.45, 7) is 6.35. The van der Waals surface area contributed by atoms with Gasteiger partial charge in [0.2, 0.25) is 5.91 Å². The third-order valence-electron chi connectivity index (χ3n) is 3.75. The number of carbonyl (C=O) groups excluding carboxylic acids is 1. The first-order valence-electron chi connectivity index (χ1n) is 7.57. The van der Waals surface area contributed by atoms with Gasteiger partial charge in [-0.3, -0.25) is 4.79 Å². The Balaban J connectivity index is 2.15. The average Bonchev–Trinajstić information content (AvgIpc) is 2.49. The Kier molecular flexibility index (Phi) is 5.15. The van der Waals surface area contributed by atoms with Crippen LogP contribution in [-0.2, 0) is 4.79 Å². The molecule has 2 aromatic carbocycles. The zero-order chi connectivity index (χ0) is 15.2. The van der Waals surface area contributed by atoms with Crippen LogP contribution in [0.2, 0.25) is 0 Å². The SMILES string of the molecule is CCC(C(=O)Nc1cccc(C(C)C)c1)c1ccccc1. The highest BCUT2D eigenvalue weighted by Gasteiger charge is 2.18. The Morgan fingerprint density at radius 2 is 1.67 bits per heavy atom. The molecule has 0 aliphatic heterocycles. The Bertz CT molecular complexity index is 590. The van der Waals surface area contributed by atoms with E-state index in [0.717, 1.165) is 17.7 Å². The molecule has 1 N–H and O–H groups in total. The molecular weight excluding hydrogens is 258 g/mol. The summed E-state index contributed by atoms with van der Waals surface area (Å²) < 4.78 is 0. The maximum absolute atomic E-state index is 12.5. The zero-order valence-electron chi connectivity index (χ0n) is 13.0. The maximum atomic E-state index is 12.5. The van der Waals surface area contributed by atoms with Gasteiger partial charge in [0, 0.05) is 5.69 Å². The molecule has 21 heavy (non-hydrogen) atoms. The molecule has 0 radical (unpaired) electrons. The summed E-state index contributed by atoms with van der Waals surface area (Å²) in [5, 5.41) is 3.05. The van der Waals surface area contributed by atoms with Crippen molar-refractivity contribution in [1.82, 2.24) is 0 Å². The fraction of sp³-hybridized carbons (Fsp3) is 0.316. The van der Waals surface area contributed by atoms with E-state index in [4.69, 9.17) is 0 Å². The number of hydrogen-bond acceptors (Lipinski definition) is 1. The second-order valence-electron chi connectivity index (χ2n) is 5.64. The molecule has 0 heterocycles. The molecular formula is C19H23NO. The molecule has 2 heteroatoms. The van der Waals surface area contributed by atoms with Crippen molar-refractivity contribution >= 4 is 11.6 Å². The van der Waals surface area contributed by atoms with Gasteiger partial charge in [0.1, 0.15) is 0 Å². The number of anilines is 1. The number of nitrogens with one attached hydrogen (secondary N) is 1. The molecule has 0 saturated carbocycles. The average molecular weight is 281 g/mol. The largest absolute Gasteiger partial charge is 0.326 e. The van der Waals surface area contributed by atoms with Gasteiger partial charge in [-0.2, -0.15) is 0 Å². The summed E-state index contributed by atoms with van der Waals surface area (Å²) in [6, 6.07) is 18.0. The van der Waals surface area contributed by atoms with Crippen LogP contribution in [0.15, 0.2) is 54.6 Å². The van der Waals surface area contributed by atoms with E-state index in [0.29, 0.717) is 5.92 Å². The van der Waals surface area contributed by atoms with Gasteiger partial charge in [0.05, 0.1) is 5.92 Å². The van der Waals surface area contributed by atoms with Crippen molar-refractivity contribution in [2.75, 3.05) is 5.32 Å². The molecule has 1 atom stereocenters. The lowest BCUT2D eigenvalue weighted by Crippen LogP contribution is -2.20. The van der Waals surface area contributed by atoms with Crippen molar-refractivity contribution in [3.8, 4) is 0 Å². The van der Waals surface area contributed by atoms with Crippen LogP contribution in [0.4, 0.5) is 5.69 Å². The van der Waals surface area contributed by atoms with Gasteiger partial charge < -0.3 is 5.32 Å². The van der Waals surface area contributed by atoms with Crippen molar-refractivity contribution < 1.29 is 4.79 Å². The third kappa shape index (κ3) is 3.94. The molecule has 2 rings (SSSR count). The summed E-state index contributed by atoms with van der Waals surface area (Å²) in [5.74, 6) is 0.413. The molecule has 0 spiro atoms. The number of rotatable bonds is 5. The van der Waals surface area contributed by atoms with E-state index in [9.17, 15) is 4.79 Å². The molecule has 0 bridgehead atoms. The monoisotopic (exact) mass is 281 g/mol. The maximum Gasteiger partial charge on any atom is 0.231 e. The molecule has 1 amide bonds. The molecule has 0 aromatic heterocycles. The standard InChI is InChI=1S/C19H23NO/c1-4-18(15-9-6-5-7-10-15)19(21)20-17-12-8-11-16(13-17)14(2)3/h5-14,18H,4H2,1-3H3,(H,20,21). The summed E-state index contributed by atoms with van der Waals surface area (Å²) in [6.07, 6.45) is 0.791. The highest BCUT2D eigenvalue weighted by atomic mass is 16.1. The Labute approximate surface area is 127 Å². The van der Waals surface area contributed by atoms with Crippen LogP contribution in [0.5, 0.6) is 0 Å². The normalized spacial score (nSPS) is 12.2. The van der Waals surface area contributed by atoms with Crippen LogP contribution in [0.3, 0.4) is 0 Å². The highest BCUT2D eigenvalue weighted by Crippen LogP contribution is 2.23. The highest BCUT2D eigenvalue weighted by molar-refractivity contribution is 5.95. The van der Waals surface area contributed by atoms with E-state index < -0.39 is 0 Å². The summed E-state index contributed by atoms with van der Waals surface area (Å²) in [5.41, 5.74) is 3.18. The first-order chi connectivity index (χ1) is 10.1. The Morgan fingerprint density at radius 3 is 2.29 bits per heavy atom. The lowest BCUT2D eigenvalue weighted by Gasteiger charge is -2.16. The predicted molar refractivity (Wildman–Crippen MR) is 88.6 cm³/mol. The minimum atomic E-state index is -0.103. The van der Waals surface area contributed by atoms with Gasteiger partial charge >= 0.3 is 0 Å². The van der Waals surface area contributed by atoms with E-state index >= 15 is 0 Å². The summed E-state index contributed by atoms with van der Waals surface area (Å²) >= 11 is 0. The zero-order valence-corrected chi connectivity index (χ0v) is 13.0. The van der Waals surface area contributed by atoms with Crippen molar-refractivity contribution in [3.05, 3.63) is 65.7 Å². The van der Waals surface area contributed by atoms with Crippen molar-refractivity contribution in [3.63, 3.8) is 0 Å². The molecule has 0 fully saturated rings. The first-order valence-corrected chi connectivity index (χ1v) is 7.57. The first kappa shape index (κ1) is 15.3. The number of hydrogen-bond donors (Lipinski definition) is 1. The lowest BCUT2D eigenvalue weighted by atomic mass is 9.95. The second kappa shape index (κ2) is 7.07. The van der Waals surface area contributed by atoms with Crippen molar-refractivity contribution in [1.29, 1.82) is 0 Å². The van der Waals surface area contributed by atoms with Crippen LogP contribution in [-0.4, -0.2) is 5.91 Å².